The van der Waals surface area contributed by atoms with E-state index in [1.54, 1.807) is 0 Å². The molecule has 0 N–H and O–H groups in total. The maximum Gasteiger partial charge on any atom is 4.00 e. The SMILES string of the molecule is C[Si](C)C.[C-]1=CC=CC1.[Cl-].[Cl-].[Cl-].[Zr+4]. The van der Waals surface area contributed by atoms with Crippen LogP contribution in [0.25, 0.3) is 0 Å². The van der Waals surface area contributed by atoms with Crippen LogP contribution in [0.2, 0.25) is 19.6 Å². The Balaban J connectivity index is -0.0000000256. The van der Waals surface area contributed by atoms with E-state index in [-0.39, 0.29) is 72.2 Å². The maximum atomic E-state index is 2.99. The molecule has 0 bridgehead atoms. The third kappa shape index (κ3) is 42.4. The van der Waals surface area contributed by atoms with Crippen molar-refractivity contribution in [1.82, 2.24) is 0 Å². The van der Waals surface area contributed by atoms with Crippen LogP contribution in [0, 0.1) is 6.08 Å². The molecule has 5 heteroatoms. The predicted molar refractivity (Wildman–Crippen MR) is 44.9 cm³/mol. The molecule has 0 fully saturated rings. The summed E-state index contributed by atoms with van der Waals surface area (Å²) in [5.74, 6) is 0. The summed E-state index contributed by atoms with van der Waals surface area (Å²) in [6.07, 6.45) is 10.0. The summed E-state index contributed by atoms with van der Waals surface area (Å²) in [6, 6.07) is 0. The summed E-state index contributed by atoms with van der Waals surface area (Å²) in [5, 5.41) is 0. The van der Waals surface area contributed by atoms with Crippen LogP contribution in [0.3, 0.4) is 0 Å². The molecule has 0 spiro atoms. The van der Waals surface area contributed by atoms with E-state index in [1.807, 2.05) is 12.2 Å². The molecule has 0 amide bonds. The molecule has 13 heavy (non-hydrogen) atoms. The molecule has 1 radical (unpaired) electrons. The molecular formula is C8H14Cl3SiZr. The van der Waals surface area contributed by atoms with Crippen molar-refractivity contribution < 1.29 is 63.4 Å². The van der Waals surface area contributed by atoms with Crippen LogP contribution in [-0.2, 0) is 26.2 Å². The minimum absolute atomic E-state index is 0. The van der Waals surface area contributed by atoms with Gasteiger partial charge in [0.2, 0.25) is 0 Å². The zero-order chi connectivity index (χ0) is 7.11. The fraction of sp³-hybridized carbons (Fsp3) is 0.500. The van der Waals surface area contributed by atoms with E-state index in [0.717, 1.165) is 6.42 Å². The largest absolute Gasteiger partial charge is 4.00 e. The standard InChI is InChI=1S/C5H5.C3H9Si.3ClH.Zr/c1-2-4-5-3-1;1-4(2)3;;;;/h1-3H,4H2;1-3H3;3*1H;/q-1;;;;;+4/p-3. The fourth-order valence-electron chi connectivity index (χ4n) is 0.340. The van der Waals surface area contributed by atoms with E-state index in [1.165, 1.54) is 0 Å². The number of hydrogen-bond donors (Lipinski definition) is 0. The topological polar surface area (TPSA) is 0 Å². The number of rotatable bonds is 0. The first-order chi connectivity index (χ1) is 4.23. The Morgan fingerprint density at radius 3 is 1.54 bits per heavy atom. The molecular weight excluding hydrogens is 322 g/mol. The molecule has 1 rings (SSSR count). The van der Waals surface area contributed by atoms with E-state index in [9.17, 15) is 0 Å². The van der Waals surface area contributed by atoms with Gasteiger partial charge < -0.3 is 37.2 Å². The molecule has 0 heterocycles. The van der Waals surface area contributed by atoms with Crippen LogP contribution in [0.15, 0.2) is 18.2 Å². The average Bonchev–Trinajstić information content (AvgIpc) is 2.11. The van der Waals surface area contributed by atoms with Crippen molar-refractivity contribution in [3.05, 3.63) is 24.3 Å². The maximum absolute atomic E-state index is 2.99. The van der Waals surface area contributed by atoms with Crippen molar-refractivity contribution in [3.8, 4) is 0 Å². The van der Waals surface area contributed by atoms with E-state index in [2.05, 4.69) is 31.8 Å². The average molecular weight is 336 g/mol. The van der Waals surface area contributed by atoms with Crippen molar-refractivity contribution in [2.75, 3.05) is 0 Å². The molecule has 0 saturated heterocycles. The minimum atomic E-state index is 0. The normalized spacial score (nSPS) is 9.54. The van der Waals surface area contributed by atoms with Gasteiger partial charge in [-0.3, -0.25) is 6.08 Å². The van der Waals surface area contributed by atoms with E-state index in [0.29, 0.717) is 0 Å². The third-order valence-corrected chi connectivity index (χ3v) is 0.586. The number of hydrogen-bond acceptors (Lipinski definition) is 0. The smallest absolute Gasteiger partial charge is 1.00 e. The summed E-state index contributed by atoms with van der Waals surface area (Å²) in [6.45, 7) is 6.81. The summed E-state index contributed by atoms with van der Waals surface area (Å²) in [4.78, 5) is 0. The Morgan fingerprint density at radius 1 is 1.08 bits per heavy atom. The molecule has 0 aliphatic heterocycles. The summed E-state index contributed by atoms with van der Waals surface area (Å²) < 4.78 is 0. The van der Waals surface area contributed by atoms with Gasteiger partial charge in [0.25, 0.3) is 0 Å². The van der Waals surface area contributed by atoms with E-state index >= 15 is 0 Å². The Bertz CT molecular complexity index is 103. The summed E-state index contributed by atoms with van der Waals surface area (Å²) >= 11 is 0. The van der Waals surface area contributed by atoms with Gasteiger partial charge in [-0.05, 0) is 0 Å². The first-order valence-electron chi connectivity index (χ1n) is 3.22. The van der Waals surface area contributed by atoms with Crippen LogP contribution in [0.1, 0.15) is 6.42 Å². The van der Waals surface area contributed by atoms with Gasteiger partial charge >= 0.3 is 26.2 Å². The van der Waals surface area contributed by atoms with Gasteiger partial charge in [0.1, 0.15) is 0 Å². The molecule has 0 aromatic carbocycles. The van der Waals surface area contributed by atoms with Crippen molar-refractivity contribution in [1.29, 1.82) is 0 Å². The summed E-state index contributed by atoms with van der Waals surface area (Å²) in [5.41, 5.74) is 0. The molecule has 0 unspecified atom stereocenters. The second-order valence-electron chi connectivity index (χ2n) is 2.50. The van der Waals surface area contributed by atoms with Crippen molar-refractivity contribution in [3.63, 3.8) is 0 Å². The molecule has 0 nitrogen and oxygen atoms in total. The quantitative estimate of drug-likeness (QED) is 0.305. The molecule has 0 aromatic heterocycles. The molecule has 0 saturated carbocycles. The fourth-order valence-corrected chi connectivity index (χ4v) is 0.340. The molecule has 0 atom stereocenters. The first kappa shape index (κ1) is 29.3. The van der Waals surface area contributed by atoms with Crippen molar-refractivity contribution in [2.24, 2.45) is 0 Å². The first-order valence-corrected chi connectivity index (χ1v) is 6.22. The number of allylic oxidation sites excluding steroid dienone is 4. The molecule has 1 aliphatic carbocycles. The van der Waals surface area contributed by atoms with Gasteiger partial charge in [-0.1, -0.05) is 19.6 Å². The van der Waals surface area contributed by atoms with Crippen LogP contribution in [0.5, 0.6) is 0 Å². The van der Waals surface area contributed by atoms with E-state index in [4.69, 9.17) is 0 Å². The Morgan fingerprint density at radius 2 is 1.46 bits per heavy atom. The van der Waals surface area contributed by atoms with Crippen molar-refractivity contribution in [2.45, 2.75) is 26.1 Å². The molecule has 0 aromatic rings. The minimum Gasteiger partial charge on any atom is -1.00 e. The van der Waals surface area contributed by atoms with Gasteiger partial charge in [0.15, 0.2) is 0 Å². The van der Waals surface area contributed by atoms with Crippen LogP contribution in [0.4, 0.5) is 0 Å². The van der Waals surface area contributed by atoms with Crippen LogP contribution >= 0.6 is 0 Å². The second-order valence-corrected chi connectivity index (χ2v) is 5.50. The molecule has 1 aliphatic rings. The summed E-state index contributed by atoms with van der Waals surface area (Å²) in [7, 11) is 0.120. The zero-order valence-electron chi connectivity index (χ0n) is 8.07. The zero-order valence-corrected chi connectivity index (χ0v) is 13.8. The number of halogens is 3. The molecule has 75 valence electrons. The predicted octanol–water partition coefficient (Wildman–Crippen LogP) is -6.31. The van der Waals surface area contributed by atoms with Crippen LogP contribution < -0.4 is 37.2 Å². The van der Waals surface area contributed by atoms with Crippen molar-refractivity contribution >= 4 is 8.80 Å². The Hall–Kier alpha value is 1.45. The second kappa shape index (κ2) is 23.3. The third-order valence-electron chi connectivity index (χ3n) is 0.586. The van der Waals surface area contributed by atoms with Crippen LogP contribution in [-0.4, -0.2) is 8.80 Å². The van der Waals surface area contributed by atoms with E-state index < -0.39 is 0 Å². The monoisotopic (exact) mass is 333 g/mol. The van der Waals surface area contributed by atoms with Gasteiger partial charge in [0, 0.05) is 8.80 Å². The Labute approximate surface area is 122 Å². The van der Waals surface area contributed by atoms with Gasteiger partial charge in [-0.15, -0.1) is 6.42 Å². The van der Waals surface area contributed by atoms with Gasteiger partial charge in [-0.2, -0.15) is 6.08 Å². The van der Waals surface area contributed by atoms with Gasteiger partial charge in [0.05, 0.1) is 0 Å². The van der Waals surface area contributed by atoms with Gasteiger partial charge in [-0.25, -0.2) is 12.2 Å². The Kier molecular flexibility index (Phi) is 52.6.